The van der Waals surface area contributed by atoms with Crippen molar-refractivity contribution in [2.75, 3.05) is 13.2 Å². The summed E-state index contributed by atoms with van der Waals surface area (Å²) in [6.45, 7) is 4.00. The Morgan fingerprint density at radius 1 is 1.76 bits per heavy atom. The highest BCUT2D eigenvalue weighted by atomic mass is 79.9. The smallest absolute Gasteiger partial charge is 0.270 e. The van der Waals surface area contributed by atoms with Crippen LogP contribution in [0.4, 0.5) is 0 Å². The Morgan fingerprint density at radius 3 is 3.24 bits per heavy atom. The molecule has 1 atom stereocenters. The van der Waals surface area contributed by atoms with Gasteiger partial charge in [-0.3, -0.25) is 9.48 Å². The summed E-state index contributed by atoms with van der Waals surface area (Å²) in [6, 6.07) is 0. The molecule has 94 valence electrons. The molecule has 2 heterocycles. The SMILES string of the molecule is CCn1ncc(Br)c1C(=O)NC[C@@H]1CCCO1. The molecule has 5 nitrogen and oxygen atoms in total. The molecule has 0 aliphatic carbocycles. The van der Waals surface area contributed by atoms with E-state index in [1.54, 1.807) is 10.9 Å². The third kappa shape index (κ3) is 2.87. The predicted molar refractivity (Wildman–Crippen MR) is 66.9 cm³/mol. The molecule has 1 aliphatic rings. The second-order valence-electron chi connectivity index (χ2n) is 4.00. The molecule has 0 aromatic carbocycles. The minimum Gasteiger partial charge on any atom is -0.376 e. The Hall–Kier alpha value is -0.880. The Bertz CT molecular complexity index is 399. The molecule has 0 unspecified atom stereocenters. The van der Waals surface area contributed by atoms with Gasteiger partial charge in [-0.2, -0.15) is 5.10 Å². The fourth-order valence-electron chi connectivity index (χ4n) is 1.92. The highest BCUT2D eigenvalue weighted by molar-refractivity contribution is 9.10. The molecule has 2 rings (SSSR count). The summed E-state index contributed by atoms with van der Waals surface area (Å²) < 4.78 is 7.86. The number of hydrogen-bond donors (Lipinski definition) is 1. The van der Waals surface area contributed by atoms with Crippen LogP contribution in [0.15, 0.2) is 10.7 Å². The lowest BCUT2D eigenvalue weighted by atomic mass is 10.2. The van der Waals surface area contributed by atoms with E-state index in [0.29, 0.717) is 18.8 Å². The monoisotopic (exact) mass is 301 g/mol. The van der Waals surface area contributed by atoms with Crippen LogP contribution >= 0.6 is 15.9 Å². The zero-order valence-electron chi connectivity index (χ0n) is 9.78. The zero-order chi connectivity index (χ0) is 12.3. The highest BCUT2D eigenvalue weighted by Gasteiger charge is 2.20. The van der Waals surface area contributed by atoms with Gasteiger partial charge in [-0.25, -0.2) is 0 Å². The first-order valence-corrected chi connectivity index (χ1v) is 6.62. The van der Waals surface area contributed by atoms with Crippen molar-refractivity contribution in [3.8, 4) is 0 Å². The maximum atomic E-state index is 12.0. The van der Waals surface area contributed by atoms with Gasteiger partial charge in [0.05, 0.1) is 16.8 Å². The van der Waals surface area contributed by atoms with E-state index < -0.39 is 0 Å². The van der Waals surface area contributed by atoms with Crippen molar-refractivity contribution in [3.63, 3.8) is 0 Å². The van der Waals surface area contributed by atoms with Crippen LogP contribution in [0.3, 0.4) is 0 Å². The molecule has 1 aromatic rings. The second-order valence-corrected chi connectivity index (χ2v) is 4.86. The fraction of sp³-hybridized carbons (Fsp3) is 0.636. The average Bonchev–Trinajstić information content (AvgIpc) is 2.94. The Morgan fingerprint density at radius 2 is 2.59 bits per heavy atom. The van der Waals surface area contributed by atoms with Gasteiger partial charge in [0, 0.05) is 19.7 Å². The molecule has 0 radical (unpaired) electrons. The first kappa shape index (κ1) is 12.6. The van der Waals surface area contributed by atoms with Crippen molar-refractivity contribution >= 4 is 21.8 Å². The van der Waals surface area contributed by atoms with Crippen molar-refractivity contribution in [1.82, 2.24) is 15.1 Å². The maximum absolute atomic E-state index is 12.0. The summed E-state index contributed by atoms with van der Waals surface area (Å²) in [6.07, 6.45) is 3.91. The zero-order valence-corrected chi connectivity index (χ0v) is 11.4. The Balaban J connectivity index is 1.96. The van der Waals surface area contributed by atoms with Gasteiger partial charge < -0.3 is 10.1 Å². The molecular formula is C11H16BrN3O2. The van der Waals surface area contributed by atoms with Gasteiger partial charge in [-0.15, -0.1) is 0 Å². The molecule has 17 heavy (non-hydrogen) atoms. The van der Waals surface area contributed by atoms with Gasteiger partial charge in [0.1, 0.15) is 5.69 Å². The van der Waals surface area contributed by atoms with Gasteiger partial charge in [-0.05, 0) is 35.7 Å². The summed E-state index contributed by atoms with van der Waals surface area (Å²) in [7, 11) is 0. The number of aryl methyl sites for hydroxylation is 1. The number of ether oxygens (including phenoxy) is 1. The van der Waals surface area contributed by atoms with Gasteiger partial charge in [0.15, 0.2) is 0 Å². The van der Waals surface area contributed by atoms with Crippen molar-refractivity contribution in [3.05, 3.63) is 16.4 Å². The van der Waals surface area contributed by atoms with Crippen LogP contribution < -0.4 is 5.32 Å². The first-order chi connectivity index (χ1) is 8.22. The number of rotatable bonds is 4. The number of carbonyl (C=O) groups is 1. The minimum absolute atomic E-state index is 0.105. The number of halogens is 1. The summed E-state index contributed by atoms with van der Waals surface area (Å²) in [5, 5.41) is 7.00. The summed E-state index contributed by atoms with van der Waals surface area (Å²) in [5.41, 5.74) is 0.575. The number of carbonyl (C=O) groups excluding carboxylic acids is 1. The summed E-state index contributed by atoms with van der Waals surface area (Å²) in [5.74, 6) is -0.105. The third-order valence-electron chi connectivity index (χ3n) is 2.82. The van der Waals surface area contributed by atoms with E-state index in [-0.39, 0.29) is 12.0 Å². The van der Waals surface area contributed by atoms with E-state index in [9.17, 15) is 4.79 Å². The van der Waals surface area contributed by atoms with Crippen LogP contribution in [0.1, 0.15) is 30.3 Å². The molecule has 0 spiro atoms. The lowest BCUT2D eigenvalue weighted by Crippen LogP contribution is -2.33. The Labute approximate surface area is 109 Å². The van der Waals surface area contributed by atoms with Crippen molar-refractivity contribution < 1.29 is 9.53 Å². The molecule has 1 saturated heterocycles. The third-order valence-corrected chi connectivity index (χ3v) is 3.40. The number of nitrogens with zero attached hydrogens (tertiary/aromatic N) is 2. The van der Waals surface area contributed by atoms with Gasteiger partial charge in [0.2, 0.25) is 0 Å². The quantitative estimate of drug-likeness (QED) is 0.918. The van der Waals surface area contributed by atoms with Gasteiger partial charge >= 0.3 is 0 Å². The van der Waals surface area contributed by atoms with Crippen LogP contribution in [0.5, 0.6) is 0 Å². The summed E-state index contributed by atoms with van der Waals surface area (Å²) in [4.78, 5) is 12.0. The summed E-state index contributed by atoms with van der Waals surface area (Å²) >= 11 is 3.34. The van der Waals surface area contributed by atoms with Gasteiger partial charge in [0.25, 0.3) is 5.91 Å². The molecule has 6 heteroatoms. The number of aromatic nitrogens is 2. The van der Waals surface area contributed by atoms with Crippen LogP contribution in [-0.2, 0) is 11.3 Å². The molecule has 1 fully saturated rings. The topological polar surface area (TPSA) is 56.2 Å². The predicted octanol–water partition coefficient (Wildman–Crippen LogP) is 1.57. The molecule has 0 saturated carbocycles. The minimum atomic E-state index is -0.105. The maximum Gasteiger partial charge on any atom is 0.270 e. The molecule has 1 aromatic heterocycles. The van der Waals surface area contributed by atoms with E-state index in [2.05, 4.69) is 26.3 Å². The number of nitrogens with one attached hydrogen (secondary N) is 1. The van der Waals surface area contributed by atoms with Crippen molar-refractivity contribution in [2.45, 2.75) is 32.4 Å². The Kier molecular flexibility index (Phi) is 4.17. The molecular weight excluding hydrogens is 286 g/mol. The van der Waals surface area contributed by atoms with Crippen LogP contribution in [-0.4, -0.2) is 34.9 Å². The molecule has 1 amide bonds. The molecule has 0 bridgehead atoms. The van der Waals surface area contributed by atoms with Crippen LogP contribution in [0.2, 0.25) is 0 Å². The van der Waals surface area contributed by atoms with Crippen LogP contribution in [0, 0.1) is 0 Å². The van der Waals surface area contributed by atoms with Crippen LogP contribution in [0.25, 0.3) is 0 Å². The second kappa shape index (κ2) is 5.64. The van der Waals surface area contributed by atoms with Crippen molar-refractivity contribution in [2.24, 2.45) is 0 Å². The van der Waals surface area contributed by atoms with Crippen molar-refractivity contribution in [1.29, 1.82) is 0 Å². The van der Waals surface area contributed by atoms with E-state index in [0.717, 1.165) is 23.9 Å². The van der Waals surface area contributed by atoms with Gasteiger partial charge in [-0.1, -0.05) is 0 Å². The standard InChI is InChI=1S/C11H16BrN3O2/c1-2-15-10(9(12)7-14-15)11(16)13-6-8-4-3-5-17-8/h7-8H,2-6H2,1H3,(H,13,16)/t8-/m0/s1. The molecule has 1 N–H and O–H groups in total. The van der Waals surface area contributed by atoms with E-state index >= 15 is 0 Å². The first-order valence-electron chi connectivity index (χ1n) is 5.83. The van der Waals surface area contributed by atoms with E-state index in [1.165, 1.54) is 0 Å². The normalized spacial score (nSPS) is 19.5. The van der Waals surface area contributed by atoms with E-state index in [4.69, 9.17) is 4.74 Å². The largest absolute Gasteiger partial charge is 0.376 e. The molecule has 1 aliphatic heterocycles. The lowest BCUT2D eigenvalue weighted by Gasteiger charge is -2.11. The number of amides is 1. The fourth-order valence-corrected chi connectivity index (χ4v) is 2.40. The number of hydrogen-bond acceptors (Lipinski definition) is 3. The van der Waals surface area contributed by atoms with E-state index in [1.807, 2.05) is 6.92 Å². The average molecular weight is 302 g/mol. The lowest BCUT2D eigenvalue weighted by molar-refractivity contribution is 0.0848. The highest BCUT2D eigenvalue weighted by Crippen LogP contribution is 2.16.